The van der Waals surface area contributed by atoms with Crippen molar-refractivity contribution in [2.45, 2.75) is 70.9 Å². The van der Waals surface area contributed by atoms with Crippen LogP contribution < -0.4 is 5.32 Å². The molecule has 0 bridgehead atoms. The van der Waals surface area contributed by atoms with Crippen LogP contribution in [0.4, 0.5) is 0 Å². The molecule has 2 heteroatoms. The first-order valence-electron chi connectivity index (χ1n) is 7.60. The fourth-order valence-corrected chi connectivity index (χ4v) is 3.33. The fraction of sp³-hybridized carbons (Fsp3) is 1.00. The van der Waals surface area contributed by atoms with E-state index >= 15 is 0 Å². The minimum atomic E-state index is 0.546. The van der Waals surface area contributed by atoms with Gasteiger partial charge < -0.3 is 10.1 Å². The quantitative estimate of drug-likeness (QED) is 0.794. The van der Waals surface area contributed by atoms with E-state index in [9.17, 15) is 0 Å². The second-order valence-electron chi connectivity index (χ2n) is 6.26. The van der Waals surface area contributed by atoms with Gasteiger partial charge in [0.15, 0.2) is 0 Å². The van der Waals surface area contributed by atoms with E-state index in [0.717, 1.165) is 25.0 Å². The highest BCUT2D eigenvalue weighted by molar-refractivity contribution is 4.82. The summed E-state index contributed by atoms with van der Waals surface area (Å²) in [6.45, 7) is 6.59. The van der Waals surface area contributed by atoms with Crippen LogP contribution >= 0.6 is 0 Å². The molecule has 2 unspecified atom stereocenters. The molecular formula is C15H29NO. The second-order valence-corrected chi connectivity index (χ2v) is 6.26. The number of hydrogen-bond donors (Lipinski definition) is 1. The lowest BCUT2D eigenvalue weighted by Crippen LogP contribution is -2.33. The highest BCUT2D eigenvalue weighted by Crippen LogP contribution is 2.33. The van der Waals surface area contributed by atoms with Crippen LogP contribution in [0.3, 0.4) is 0 Å². The van der Waals surface area contributed by atoms with Gasteiger partial charge in [-0.1, -0.05) is 46.0 Å². The van der Waals surface area contributed by atoms with Crippen molar-refractivity contribution in [2.75, 3.05) is 13.2 Å². The summed E-state index contributed by atoms with van der Waals surface area (Å²) in [6.07, 6.45) is 10.4. The predicted molar refractivity (Wildman–Crippen MR) is 72.2 cm³/mol. The molecule has 0 aromatic heterocycles. The van der Waals surface area contributed by atoms with Crippen LogP contribution in [0.15, 0.2) is 0 Å². The van der Waals surface area contributed by atoms with E-state index in [2.05, 4.69) is 19.2 Å². The van der Waals surface area contributed by atoms with Crippen molar-refractivity contribution in [2.24, 2.45) is 11.8 Å². The van der Waals surface area contributed by atoms with E-state index in [0.29, 0.717) is 12.1 Å². The molecule has 0 amide bonds. The van der Waals surface area contributed by atoms with Crippen molar-refractivity contribution >= 4 is 0 Å². The lowest BCUT2D eigenvalue weighted by atomic mass is 9.83. The van der Waals surface area contributed by atoms with Gasteiger partial charge in [-0.25, -0.2) is 0 Å². The molecule has 0 radical (unpaired) electrons. The fourth-order valence-electron chi connectivity index (χ4n) is 3.33. The van der Waals surface area contributed by atoms with E-state index in [1.807, 2.05) is 0 Å². The first kappa shape index (κ1) is 13.4. The van der Waals surface area contributed by atoms with E-state index in [1.54, 1.807) is 0 Å². The van der Waals surface area contributed by atoms with E-state index in [4.69, 9.17) is 4.74 Å². The topological polar surface area (TPSA) is 21.3 Å². The van der Waals surface area contributed by atoms with Crippen LogP contribution in [0.5, 0.6) is 0 Å². The summed E-state index contributed by atoms with van der Waals surface area (Å²) in [5, 5.41) is 3.57. The molecule has 0 spiro atoms. The van der Waals surface area contributed by atoms with Crippen LogP contribution in [0.1, 0.15) is 58.8 Å². The maximum absolute atomic E-state index is 5.96. The number of hydrogen-bond acceptors (Lipinski definition) is 2. The molecule has 0 aromatic carbocycles. The Labute approximate surface area is 107 Å². The smallest absolute Gasteiger partial charge is 0.0618 e. The lowest BCUT2D eigenvalue weighted by Gasteiger charge is -2.27. The van der Waals surface area contributed by atoms with Crippen LogP contribution in [0.25, 0.3) is 0 Å². The van der Waals surface area contributed by atoms with Gasteiger partial charge in [-0.15, -0.1) is 0 Å². The largest absolute Gasteiger partial charge is 0.378 e. The summed E-state index contributed by atoms with van der Waals surface area (Å²) in [4.78, 5) is 0. The molecule has 1 N–H and O–H groups in total. The Kier molecular flexibility index (Phi) is 5.30. The van der Waals surface area contributed by atoms with Gasteiger partial charge in [0.2, 0.25) is 0 Å². The average molecular weight is 239 g/mol. The van der Waals surface area contributed by atoms with E-state index in [1.165, 1.54) is 44.9 Å². The zero-order valence-corrected chi connectivity index (χ0v) is 11.6. The average Bonchev–Trinajstić information content (AvgIpc) is 2.75. The van der Waals surface area contributed by atoms with Gasteiger partial charge in [0.25, 0.3) is 0 Å². The minimum absolute atomic E-state index is 0.546. The number of nitrogens with one attached hydrogen (secondary N) is 1. The first-order valence-corrected chi connectivity index (χ1v) is 7.60. The molecule has 2 fully saturated rings. The predicted octanol–water partition coefficient (Wildman–Crippen LogP) is 3.36. The Morgan fingerprint density at radius 1 is 1.12 bits per heavy atom. The standard InChI is InChI=1S/C15H29NO/c1-12(2)16-11-14-8-9-17-15(14)10-13-6-4-3-5-7-13/h12-16H,3-11H2,1-2H3. The SMILES string of the molecule is CC(C)NCC1CCOC1CC1CCCCC1. The first-order chi connectivity index (χ1) is 8.25. The molecule has 2 aliphatic rings. The second kappa shape index (κ2) is 6.75. The minimum Gasteiger partial charge on any atom is -0.378 e. The van der Waals surface area contributed by atoms with Crippen molar-refractivity contribution in [3.8, 4) is 0 Å². The summed E-state index contributed by atoms with van der Waals surface area (Å²) >= 11 is 0. The number of ether oxygens (including phenoxy) is 1. The van der Waals surface area contributed by atoms with Gasteiger partial charge in [-0.2, -0.15) is 0 Å². The van der Waals surface area contributed by atoms with E-state index < -0.39 is 0 Å². The summed E-state index contributed by atoms with van der Waals surface area (Å²) in [6, 6.07) is 0.603. The van der Waals surface area contributed by atoms with Gasteiger partial charge >= 0.3 is 0 Å². The molecular weight excluding hydrogens is 210 g/mol. The molecule has 2 nitrogen and oxygen atoms in total. The molecule has 1 heterocycles. The van der Waals surface area contributed by atoms with E-state index in [-0.39, 0.29) is 0 Å². The zero-order chi connectivity index (χ0) is 12.1. The third-order valence-corrected chi connectivity index (χ3v) is 4.43. The van der Waals surface area contributed by atoms with Crippen LogP contribution in [0, 0.1) is 11.8 Å². The zero-order valence-electron chi connectivity index (χ0n) is 11.6. The Bertz CT molecular complexity index is 211. The number of rotatable bonds is 5. The molecule has 2 atom stereocenters. The van der Waals surface area contributed by atoms with Gasteiger partial charge in [-0.3, -0.25) is 0 Å². The third-order valence-electron chi connectivity index (χ3n) is 4.43. The molecule has 1 saturated carbocycles. The van der Waals surface area contributed by atoms with Gasteiger partial charge in [0.1, 0.15) is 0 Å². The highest BCUT2D eigenvalue weighted by atomic mass is 16.5. The molecule has 1 saturated heterocycles. The summed E-state index contributed by atoms with van der Waals surface area (Å²) in [5.41, 5.74) is 0. The monoisotopic (exact) mass is 239 g/mol. The maximum Gasteiger partial charge on any atom is 0.0618 e. The normalized spacial score (nSPS) is 31.2. The van der Waals surface area contributed by atoms with Crippen molar-refractivity contribution in [1.29, 1.82) is 0 Å². The summed E-state index contributed by atoms with van der Waals surface area (Å²) in [7, 11) is 0. The molecule has 100 valence electrons. The van der Waals surface area contributed by atoms with Crippen molar-refractivity contribution in [3.05, 3.63) is 0 Å². The summed E-state index contributed by atoms with van der Waals surface area (Å²) in [5.74, 6) is 1.72. The Morgan fingerprint density at radius 3 is 2.59 bits per heavy atom. The maximum atomic E-state index is 5.96. The third kappa shape index (κ3) is 4.26. The van der Waals surface area contributed by atoms with Gasteiger partial charge in [0, 0.05) is 19.2 Å². The lowest BCUT2D eigenvalue weighted by molar-refractivity contribution is 0.0626. The summed E-state index contributed by atoms with van der Waals surface area (Å²) < 4.78 is 5.96. The molecule has 17 heavy (non-hydrogen) atoms. The molecule has 1 aliphatic carbocycles. The molecule has 1 aliphatic heterocycles. The molecule has 0 aromatic rings. The Hall–Kier alpha value is -0.0800. The van der Waals surface area contributed by atoms with Crippen molar-refractivity contribution in [1.82, 2.24) is 5.32 Å². The Morgan fingerprint density at radius 2 is 1.88 bits per heavy atom. The van der Waals surface area contributed by atoms with Crippen molar-refractivity contribution < 1.29 is 4.74 Å². The molecule has 2 rings (SSSR count). The van der Waals surface area contributed by atoms with Crippen LogP contribution in [-0.4, -0.2) is 25.3 Å². The van der Waals surface area contributed by atoms with Crippen LogP contribution in [-0.2, 0) is 4.74 Å². The highest BCUT2D eigenvalue weighted by Gasteiger charge is 2.30. The van der Waals surface area contributed by atoms with Gasteiger partial charge in [-0.05, 0) is 24.7 Å². The van der Waals surface area contributed by atoms with Crippen molar-refractivity contribution in [3.63, 3.8) is 0 Å². The van der Waals surface area contributed by atoms with Crippen LogP contribution in [0.2, 0.25) is 0 Å². The van der Waals surface area contributed by atoms with Gasteiger partial charge in [0.05, 0.1) is 6.10 Å². The Balaban J connectivity index is 1.73.